The second-order valence-corrected chi connectivity index (χ2v) is 4.20. The molecule has 0 aliphatic rings. The first-order valence-corrected chi connectivity index (χ1v) is 5.56. The van der Waals surface area contributed by atoms with E-state index in [1.165, 1.54) is 29.5 Å². The zero-order chi connectivity index (χ0) is 11.5. The van der Waals surface area contributed by atoms with Crippen molar-refractivity contribution < 1.29 is 13.9 Å². The molecule has 0 saturated carbocycles. The molecule has 82 valence electrons. The molecule has 2 rings (SSSR count). The van der Waals surface area contributed by atoms with Crippen molar-refractivity contribution in [2.45, 2.75) is 6.92 Å². The fourth-order valence-corrected chi connectivity index (χ4v) is 2.07. The molecule has 0 radical (unpaired) electrons. The monoisotopic (exact) mass is 236 g/mol. The second kappa shape index (κ2) is 4.45. The summed E-state index contributed by atoms with van der Waals surface area (Å²) >= 11 is 1.31. The average Bonchev–Trinajstić information content (AvgIpc) is 2.64. The number of rotatable bonds is 2. The van der Waals surface area contributed by atoms with E-state index in [0.29, 0.717) is 4.88 Å². The number of halogens is 1. The van der Waals surface area contributed by atoms with E-state index in [1.54, 1.807) is 6.07 Å². The molecule has 1 aromatic heterocycles. The molecule has 1 heterocycles. The van der Waals surface area contributed by atoms with Gasteiger partial charge in [0.15, 0.2) is 0 Å². The van der Waals surface area contributed by atoms with Crippen LogP contribution in [0.2, 0.25) is 0 Å². The minimum Gasteiger partial charge on any atom is -0.422 e. The van der Waals surface area contributed by atoms with Crippen LogP contribution in [0.5, 0.6) is 5.75 Å². The quantitative estimate of drug-likeness (QED) is 0.590. The molecule has 2 aromatic rings. The number of ether oxygens (including phenoxy) is 1. The number of hydrogen-bond donors (Lipinski definition) is 0. The summed E-state index contributed by atoms with van der Waals surface area (Å²) in [5.41, 5.74) is 0.867. The summed E-state index contributed by atoms with van der Waals surface area (Å²) in [7, 11) is 0. The van der Waals surface area contributed by atoms with Gasteiger partial charge in [-0.1, -0.05) is 6.07 Å². The molecule has 0 N–H and O–H groups in total. The van der Waals surface area contributed by atoms with Gasteiger partial charge in [-0.2, -0.15) is 0 Å². The Hall–Kier alpha value is -1.68. The normalized spacial score (nSPS) is 10.1. The summed E-state index contributed by atoms with van der Waals surface area (Å²) in [6.07, 6.45) is 0. The van der Waals surface area contributed by atoms with Crippen LogP contribution in [-0.2, 0) is 0 Å². The predicted molar refractivity (Wildman–Crippen MR) is 60.4 cm³/mol. The standard InChI is InChI=1S/C12H9FO2S/c1-8-5-6-16-11(8)12(14)15-10-4-2-3-9(13)7-10/h2-7H,1H3. The van der Waals surface area contributed by atoms with Gasteiger partial charge in [0, 0.05) is 6.07 Å². The number of thiophene rings is 1. The van der Waals surface area contributed by atoms with Crippen molar-refractivity contribution in [3.63, 3.8) is 0 Å². The van der Waals surface area contributed by atoms with Gasteiger partial charge in [0.25, 0.3) is 0 Å². The highest BCUT2D eigenvalue weighted by molar-refractivity contribution is 7.12. The number of carbonyl (C=O) groups excluding carboxylic acids is 1. The third-order valence-corrected chi connectivity index (χ3v) is 3.05. The summed E-state index contributed by atoms with van der Waals surface area (Å²) in [6, 6.07) is 7.37. The van der Waals surface area contributed by atoms with E-state index in [-0.39, 0.29) is 5.75 Å². The maximum absolute atomic E-state index is 12.9. The summed E-state index contributed by atoms with van der Waals surface area (Å²) in [5, 5.41) is 1.82. The van der Waals surface area contributed by atoms with E-state index < -0.39 is 11.8 Å². The molecule has 16 heavy (non-hydrogen) atoms. The number of hydrogen-bond acceptors (Lipinski definition) is 3. The van der Waals surface area contributed by atoms with Crippen molar-refractivity contribution >= 4 is 17.3 Å². The molecule has 2 nitrogen and oxygen atoms in total. The van der Waals surface area contributed by atoms with Gasteiger partial charge in [-0.15, -0.1) is 11.3 Å². The van der Waals surface area contributed by atoms with E-state index in [0.717, 1.165) is 5.56 Å². The predicted octanol–water partition coefficient (Wildman–Crippen LogP) is 3.41. The summed E-state index contributed by atoms with van der Waals surface area (Å²) < 4.78 is 17.9. The van der Waals surface area contributed by atoms with Gasteiger partial charge in [-0.25, -0.2) is 9.18 Å². The van der Waals surface area contributed by atoms with Crippen LogP contribution in [0.1, 0.15) is 15.2 Å². The summed E-state index contributed by atoms with van der Waals surface area (Å²) in [4.78, 5) is 12.2. The van der Waals surface area contributed by atoms with Gasteiger partial charge in [0.2, 0.25) is 0 Å². The molecule has 0 aliphatic carbocycles. The maximum atomic E-state index is 12.9. The molecule has 0 spiro atoms. The van der Waals surface area contributed by atoms with Crippen LogP contribution in [0.4, 0.5) is 4.39 Å². The largest absolute Gasteiger partial charge is 0.422 e. The van der Waals surface area contributed by atoms with Gasteiger partial charge in [0.1, 0.15) is 16.4 Å². The van der Waals surface area contributed by atoms with Gasteiger partial charge >= 0.3 is 5.97 Å². The van der Waals surface area contributed by atoms with Crippen molar-refractivity contribution in [3.8, 4) is 5.75 Å². The van der Waals surface area contributed by atoms with Crippen LogP contribution in [0.3, 0.4) is 0 Å². The van der Waals surface area contributed by atoms with E-state index in [4.69, 9.17) is 4.74 Å². The Bertz CT molecular complexity index is 519. The minimum atomic E-state index is -0.446. The van der Waals surface area contributed by atoms with E-state index in [2.05, 4.69) is 0 Å². The van der Waals surface area contributed by atoms with Crippen molar-refractivity contribution in [2.75, 3.05) is 0 Å². The Balaban J connectivity index is 2.17. The van der Waals surface area contributed by atoms with Gasteiger partial charge in [-0.3, -0.25) is 0 Å². The first-order chi connectivity index (χ1) is 7.66. The fraction of sp³-hybridized carbons (Fsp3) is 0.0833. The third-order valence-electron chi connectivity index (χ3n) is 2.05. The smallest absolute Gasteiger partial charge is 0.353 e. The molecule has 0 saturated heterocycles. The van der Waals surface area contributed by atoms with Crippen LogP contribution in [0, 0.1) is 12.7 Å². The highest BCUT2D eigenvalue weighted by Gasteiger charge is 2.12. The highest BCUT2D eigenvalue weighted by atomic mass is 32.1. The first-order valence-electron chi connectivity index (χ1n) is 4.68. The number of carbonyl (C=O) groups is 1. The number of esters is 1. The van der Waals surface area contributed by atoms with E-state index >= 15 is 0 Å². The topological polar surface area (TPSA) is 26.3 Å². The molecule has 0 atom stereocenters. The Kier molecular flexibility index (Phi) is 3.01. The number of aryl methyl sites for hydroxylation is 1. The zero-order valence-electron chi connectivity index (χ0n) is 8.57. The van der Waals surface area contributed by atoms with Crippen LogP contribution in [0.25, 0.3) is 0 Å². The fourth-order valence-electron chi connectivity index (χ4n) is 1.27. The summed E-state index contributed by atoms with van der Waals surface area (Å²) in [5.74, 6) is -0.649. The minimum absolute atomic E-state index is 0.220. The Morgan fingerprint density at radius 2 is 2.19 bits per heavy atom. The average molecular weight is 236 g/mol. The van der Waals surface area contributed by atoms with Crippen LogP contribution >= 0.6 is 11.3 Å². The molecule has 0 amide bonds. The lowest BCUT2D eigenvalue weighted by Crippen LogP contribution is -2.07. The van der Waals surface area contributed by atoms with Gasteiger partial charge < -0.3 is 4.74 Å². The molecule has 0 bridgehead atoms. The Morgan fingerprint density at radius 1 is 1.38 bits per heavy atom. The zero-order valence-corrected chi connectivity index (χ0v) is 9.38. The lowest BCUT2D eigenvalue weighted by molar-refractivity contribution is 0.0739. The van der Waals surface area contributed by atoms with Crippen molar-refractivity contribution in [3.05, 3.63) is 52.0 Å². The Labute approximate surface area is 96.3 Å². The first kappa shape index (κ1) is 10.8. The van der Waals surface area contributed by atoms with Gasteiger partial charge in [-0.05, 0) is 36.1 Å². The van der Waals surface area contributed by atoms with E-state index in [9.17, 15) is 9.18 Å². The molecule has 0 unspecified atom stereocenters. The van der Waals surface area contributed by atoms with Crippen LogP contribution in [-0.4, -0.2) is 5.97 Å². The molecule has 0 fully saturated rings. The molecule has 0 aliphatic heterocycles. The molecule has 1 aromatic carbocycles. The van der Waals surface area contributed by atoms with Crippen molar-refractivity contribution in [2.24, 2.45) is 0 Å². The Morgan fingerprint density at radius 3 is 2.81 bits per heavy atom. The number of benzene rings is 1. The van der Waals surface area contributed by atoms with E-state index in [1.807, 2.05) is 18.4 Å². The van der Waals surface area contributed by atoms with Crippen molar-refractivity contribution in [1.82, 2.24) is 0 Å². The lowest BCUT2D eigenvalue weighted by atomic mass is 10.3. The van der Waals surface area contributed by atoms with Crippen LogP contribution in [0.15, 0.2) is 35.7 Å². The van der Waals surface area contributed by atoms with Gasteiger partial charge in [0.05, 0.1) is 0 Å². The molecular weight excluding hydrogens is 227 g/mol. The SMILES string of the molecule is Cc1ccsc1C(=O)Oc1cccc(F)c1. The van der Waals surface area contributed by atoms with Crippen LogP contribution < -0.4 is 4.74 Å². The third kappa shape index (κ3) is 2.28. The summed E-state index contributed by atoms with van der Waals surface area (Å²) in [6.45, 7) is 1.83. The van der Waals surface area contributed by atoms with Crippen molar-refractivity contribution in [1.29, 1.82) is 0 Å². The molecule has 4 heteroatoms. The molecular formula is C12H9FO2S. The lowest BCUT2D eigenvalue weighted by Gasteiger charge is -2.03. The second-order valence-electron chi connectivity index (χ2n) is 3.28. The highest BCUT2D eigenvalue weighted by Crippen LogP contribution is 2.19. The maximum Gasteiger partial charge on any atom is 0.353 e.